The predicted molar refractivity (Wildman–Crippen MR) is 79.8 cm³/mol. The number of ether oxygens (including phenoxy) is 1. The highest BCUT2D eigenvalue weighted by Crippen LogP contribution is 2.29. The van der Waals surface area contributed by atoms with Crippen LogP contribution < -0.4 is 5.73 Å². The minimum atomic E-state index is -0.180. The van der Waals surface area contributed by atoms with Gasteiger partial charge in [-0.2, -0.15) is 0 Å². The predicted octanol–water partition coefficient (Wildman–Crippen LogP) is 1.76. The first-order valence-electron chi connectivity index (χ1n) is 6.89. The lowest BCUT2D eigenvalue weighted by Crippen LogP contribution is -2.56. The molecule has 1 saturated heterocycles. The Morgan fingerprint density at radius 1 is 1.35 bits per heavy atom. The van der Waals surface area contributed by atoms with Crippen molar-refractivity contribution in [2.45, 2.75) is 45.4 Å². The summed E-state index contributed by atoms with van der Waals surface area (Å²) in [7, 11) is 0. The summed E-state index contributed by atoms with van der Waals surface area (Å²) in [6.45, 7) is 10.9. The second-order valence-electron chi connectivity index (χ2n) is 6.69. The van der Waals surface area contributed by atoms with Gasteiger partial charge < -0.3 is 10.5 Å². The van der Waals surface area contributed by atoms with Gasteiger partial charge in [0.2, 0.25) is 0 Å². The van der Waals surface area contributed by atoms with Crippen molar-refractivity contribution in [3.63, 3.8) is 0 Å². The van der Waals surface area contributed by atoms with E-state index in [1.54, 1.807) is 6.20 Å². The van der Waals surface area contributed by atoms with E-state index in [1.165, 1.54) is 0 Å². The fourth-order valence-electron chi connectivity index (χ4n) is 3.11. The molecule has 0 bridgehead atoms. The molecule has 1 fully saturated rings. The van der Waals surface area contributed by atoms with E-state index in [9.17, 15) is 0 Å². The highest BCUT2D eigenvalue weighted by atomic mass is 16.5. The molecule has 0 radical (unpaired) electrons. The summed E-state index contributed by atoms with van der Waals surface area (Å²) in [4.78, 5) is 6.55. The number of nitrogen functional groups attached to an aromatic ring is 1. The summed E-state index contributed by atoms with van der Waals surface area (Å²) in [6, 6.07) is 3.87. The number of nitrogens with two attached hydrogens (primary N) is 1. The van der Waals surface area contributed by atoms with E-state index in [1.807, 2.05) is 12.1 Å². The molecule has 2 rings (SSSR count). The zero-order valence-electron chi connectivity index (χ0n) is 12.7. The van der Waals surface area contributed by atoms with E-state index in [2.05, 4.69) is 37.6 Å². The highest BCUT2D eigenvalue weighted by molar-refractivity contribution is 5.94. The molecule has 1 aromatic heterocycles. The lowest BCUT2D eigenvalue weighted by Gasteiger charge is -2.47. The molecule has 0 aromatic carbocycles. The van der Waals surface area contributed by atoms with Crippen LogP contribution in [0.3, 0.4) is 0 Å². The van der Waals surface area contributed by atoms with Crippen LogP contribution in [0.25, 0.3) is 0 Å². The van der Waals surface area contributed by atoms with Crippen molar-refractivity contribution in [2.75, 3.05) is 13.1 Å². The highest BCUT2D eigenvalue weighted by Gasteiger charge is 2.38. The molecular formula is C15H24N4O. The van der Waals surface area contributed by atoms with E-state index in [0.717, 1.165) is 25.2 Å². The van der Waals surface area contributed by atoms with Gasteiger partial charge >= 0.3 is 0 Å². The van der Waals surface area contributed by atoms with E-state index in [-0.39, 0.29) is 17.0 Å². The number of rotatable bonds is 3. The van der Waals surface area contributed by atoms with Crippen LogP contribution in [-0.2, 0) is 11.3 Å². The van der Waals surface area contributed by atoms with Crippen molar-refractivity contribution in [2.24, 2.45) is 5.73 Å². The molecular weight excluding hydrogens is 252 g/mol. The zero-order chi connectivity index (χ0) is 15.0. The molecule has 1 aliphatic heterocycles. The first-order valence-corrected chi connectivity index (χ1v) is 6.89. The van der Waals surface area contributed by atoms with Gasteiger partial charge in [-0.3, -0.25) is 15.3 Å². The van der Waals surface area contributed by atoms with E-state index in [0.29, 0.717) is 5.69 Å². The van der Waals surface area contributed by atoms with E-state index >= 15 is 0 Å². The Balaban J connectivity index is 2.20. The molecule has 0 aliphatic carbocycles. The topological polar surface area (TPSA) is 75.2 Å². The largest absolute Gasteiger partial charge is 0.382 e. The van der Waals surface area contributed by atoms with Crippen molar-refractivity contribution < 1.29 is 4.74 Å². The number of amidine groups is 1. The number of nitrogens with zero attached hydrogens (tertiary/aromatic N) is 2. The summed E-state index contributed by atoms with van der Waals surface area (Å²) >= 11 is 0. The van der Waals surface area contributed by atoms with Crippen LogP contribution in [0.5, 0.6) is 0 Å². The molecule has 1 aromatic rings. The molecule has 5 heteroatoms. The molecule has 1 aliphatic rings. The summed E-state index contributed by atoms with van der Waals surface area (Å²) in [5, 5.41) is 7.62. The van der Waals surface area contributed by atoms with Crippen LogP contribution in [0.15, 0.2) is 18.3 Å². The molecule has 0 unspecified atom stereocenters. The maximum Gasteiger partial charge on any atom is 0.142 e. The number of aromatic nitrogens is 1. The minimum Gasteiger partial charge on any atom is -0.382 e. The Morgan fingerprint density at radius 3 is 2.50 bits per heavy atom. The van der Waals surface area contributed by atoms with Gasteiger partial charge in [-0.05, 0) is 39.3 Å². The summed E-state index contributed by atoms with van der Waals surface area (Å²) in [6.07, 6.45) is 1.67. The van der Waals surface area contributed by atoms with Crippen LogP contribution >= 0.6 is 0 Å². The molecule has 2 heterocycles. The van der Waals surface area contributed by atoms with Crippen molar-refractivity contribution in [3.8, 4) is 0 Å². The lowest BCUT2D eigenvalue weighted by atomic mass is 9.98. The average Bonchev–Trinajstić information content (AvgIpc) is 2.24. The van der Waals surface area contributed by atoms with Crippen LogP contribution in [0.4, 0.5) is 0 Å². The van der Waals surface area contributed by atoms with Crippen LogP contribution in [0.2, 0.25) is 0 Å². The summed E-state index contributed by atoms with van der Waals surface area (Å²) in [5.41, 5.74) is 6.82. The molecule has 0 amide bonds. The smallest absolute Gasteiger partial charge is 0.142 e. The second kappa shape index (κ2) is 5.14. The van der Waals surface area contributed by atoms with Gasteiger partial charge in [-0.15, -0.1) is 0 Å². The summed E-state index contributed by atoms with van der Waals surface area (Å²) in [5.74, 6) is 0.0207. The van der Waals surface area contributed by atoms with Crippen molar-refractivity contribution in [3.05, 3.63) is 29.6 Å². The van der Waals surface area contributed by atoms with Gasteiger partial charge in [-0.25, -0.2) is 0 Å². The Morgan fingerprint density at radius 2 is 1.95 bits per heavy atom. The Hall–Kier alpha value is -1.46. The summed E-state index contributed by atoms with van der Waals surface area (Å²) < 4.78 is 6.08. The second-order valence-corrected chi connectivity index (χ2v) is 6.69. The van der Waals surface area contributed by atoms with Crippen LogP contribution in [0.1, 0.15) is 39.0 Å². The number of nitrogens with one attached hydrogen (secondary N) is 1. The molecule has 0 saturated carbocycles. The molecule has 110 valence electrons. The van der Waals surface area contributed by atoms with Crippen LogP contribution in [-0.4, -0.2) is 40.0 Å². The van der Waals surface area contributed by atoms with Gasteiger partial charge in [-0.1, -0.05) is 6.07 Å². The van der Waals surface area contributed by atoms with E-state index < -0.39 is 0 Å². The molecule has 5 nitrogen and oxygen atoms in total. The van der Waals surface area contributed by atoms with Crippen molar-refractivity contribution in [1.29, 1.82) is 5.41 Å². The Labute approximate surface area is 120 Å². The van der Waals surface area contributed by atoms with Gasteiger partial charge in [0, 0.05) is 25.8 Å². The average molecular weight is 276 g/mol. The molecule has 0 spiro atoms. The van der Waals surface area contributed by atoms with Gasteiger partial charge in [0.25, 0.3) is 0 Å². The first-order chi connectivity index (χ1) is 9.19. The standard InChI is InChI=1S/C15H24N4O/c1-14(2)9-19(10-15(3,4)20-14)8-11-6-5-7-18-12(11)13(16)17/h5-7H,8-10H2,1-4H3,(H3,16,17). The number of hydrogen-bond acceptors (Lipinski definition) is 4. The Bertz CT molecular complexity index is 494. The third-order valence-electron chi connectivity index (χ3n) is 3.30. The maximum absolute atomic E-state index is 7.62. The fraction of sp³-hybridized carbons (Fsp3) is 0.600. The molecule has 3 N–H and O–H groups in total. The monoisotopic (exact) mass is 276 g/mol. The number of pyridine rings is 1. The Kier molecular flexibility index (Phi) is 3.84. The first kappa shape index (κ1) is 14.9. The maximum atomic E-state index is 7.62. The van der Waals surface area contributed by atoms with Crippen molar-refractivity contribution in [1.82, 2.24) is 9.88 Å². The SMILES string of the molecule is CC1(C)CN(Cc2cccnc2C(=N)N)CC(C)(C)O1. The molecule has 0 atom stereocenters. The zero-order valence-corrected chi connectivity index (χ0v) is 12.7. The fourth-order valence-corrected chi connectivity index (χ4v) is 3.11. The van der Waals surface area contributed by atoms with E-state index in [4.69, 9.17) is 15.9 Å². The third kappa shape index (κ3) is 3.55. The lowest BCUT2D eigenvalue weighted by molar-refractivity contribution is -0.182. The number of morpholine rings is 1. The normalized spacial score (nSPS) is 21.6. The quantitative estimate of drug-likeness (QED) is 0.651. The molecule has 20 heavy (non-hydrogen) atoms. The van der Waals surface area contributed by atoms with Crippen molar-refractivity contribution >= 4 is 5.84 Å². The minimum absolute atomic E-state index is 0.0207. The van der Waals surface area contributed by atoms with Gasteiger partial charge in [0.15, 0.2) is 0 Å². The number of hydrogen-bond donors (Lipinski definition) is 2. The van der Waals surface area contributed by atoms with Gasteiger partial charge in [0.1, 0.15) is 11.5 Å². The van der Waals surface area contributed by atoms with Gasteiger partial charge in [0.05, 0.1) is 11.2 Å². The van der Waals surface area contributed by atoms with Crippen LogP contribution in [0, 0.1) is 5.41 Å². The third-order valence-corrected chi connectivity index (χ3v) is 3.30.